The van der Waals surface area contributed by atoms with Gasteiger partial charge < -0.3 is 23.9 Å². The van der Waals surface area contributed by atoms with E-state index in [2.05, 4.69) is 5.32 Å². The van der Waals surface area contributed by atoms with Gasteiger partial charge in [-0.15, -0.1) is 0 Å². The van der Waals surface area contributed by atoms with Gasteiger partial charge in [-0.2, -0.15) is 0 Å². The number of benzene rings is 1. The molecule has 138 valence electrons. The average molecular weight is 359 g/mol. The van der Waals surface area contributed by atoms with Gasteiger partial charge in [-0.1, -0.05) is 18.2 Å². The predicted octanol–water partition coefficient (Wildman–Crippen LogP) is 2.48. The second kappa shape index (κ2) is 8.53. The van der Waals surface area contributed by atoms with Crippen molar-refractivity contribution in [2.45, 2.75) is 25.0 Å². The molecule has 26 heavy (non-hydrogen) atoms. The fraction of sp³-hybridized carbons (Fsp3) is 0.368. The number of amides is 1. The molecule has 1 aliphatic heterocycles. The summed E-state index contributed by atoms with van der Waals surface area (Å²) in [5, 5.41) is 2.80. The molecular weight excluding hydrogens is 338 g/mol. The molecule has 1 aliphatic rings. The number of para-hydroxylation sites is 1. The van der Waals surface area contributed by atoms with Crippen LogP contribution in [0, 0.1) is 0 Å². The molecule has 7 nitrogen and oxygen atoms in total. The van der Waals surface area contributed by atoms with E-state index in [1.165, 1.54) is 19.4 Å². The number of hydrogen-bond donors (Lipinski definition) is 1. The SMILES string of the molecule is COc1ccccc1[C@H](OC(=O)c1ccco1)C(=O)NC[C@H]1CCCO1. The maximum Gasteiger partial charge on any atom is 0.375 e. The highest BCUT2D eigenvalue weighted by Crippen LogP contribution is 2.28. The predicted molar refractivity (Wildman–Crippen MR) is 91.8 cm³/mol. The molecule has 0 aliphatic carbocycles. The van der Waals surface area contributed by atoms with Crippen molar-refractivity contribution in [3.05, 3.63) is 54.0 Å². The van der Waals surface area contributed by atoms with E-state index in [9.17, 15) is 9.59 Å². The summed E-state index contributed by atoms with van der Waals surface area (Å²) in [5.74, 6) is -0.683. The Kier molecular flexibility index (Phi) is 5.91. The van der Waals surface area contributed by atoms with Crippen molar-refractivity contribution in [2.24, 2.45) is 0 Å². The van der Waals surface area contributed by atoms with Gasteiger partial charge in [0.15, 0.2) is 0 Å². The molecule has 1 amide bonds. The van der Waals surface area contributed by atoms with Crippen LogP contribution >= 0.6 is 0 Å². The Bertz CT molecular complexity index is 736. The molecule has 0 spiro atoms. The third-order valence-electron chi connectivity index (χ3n) is 4.13. The van der Waals surface area contributed by atoms with Crippen molar-refractivity contribution in [1.29, 1.82) is 0 Å². The van der Waals surface area contributed by atoms with E-state index in [0.717, 1.165) is 12.8 Å². The Morgan fingerprint density at radius 1 is 1.27 bits per heavy atom. The molecule has 2 aromatic rings. The van der Waals surface area contributed by atoms with Gasteiger partial charge in [0.25, 0.3) is 5.91 Å². The number of carbonyl (C=O) groups excluding carboxylic acids is 2. The Morgan fingerprint density at radius 2 is 2.12 bits per heavy atom. The van der Waals surface area contributed by atoms with Gasteiger partial charge in [0, 0.05) is 18.7 Å². The van der Waals surface area contributed by atoms with Crippen LogP contribution in [0.2, 0.25) is 0 Å². The first-order valence-corrected chi connectivity index (χ1v) is 8.45. The molecule has 1 aromatic heterocycles. The summed E-state index contributed by atoms with van der Waals surface area (Å²) in [6.45, 7) is 1.06. The Morgan fingerprint density at radius 3 is 2.81 bits per heavy atom. The number of esters is 1. The lowest BCUT2D eigenvalue weighted by Gasteiger charge is -2.20. The largest absolute Gasteiger partial charge is 0.496 e. The standard InChI is InChI=1S/C19H21NO6/c1-23-15-8-3-2-7-14(15)17(26-19(22)16-9-5-11-25-16)18(21)20-12-13-6-4-10-24-13/h2-3,5,7-9,11,13,17H,4,6,10,12H2,1H3,(H,20,21)/t13-,17+/m1/s1. The normalized spacial score (nSPS) is 17.5. The lowest BCUT2D eigenvalue weighted by Crippen LogP contribution is -2.37. The van der Waals surface area contributed by atoms with Gasteiger partial charge in [0.1, 0.15) is 5.75 Å². The Hall–Kier alpha value is -2.80. The topological polar surface area (TPSA) is 87.0 Å². The Labute approximate surface area is 151 Å². The van der Waals surface area contributed by atoms with E-state index in [-0.39, 0.29) is 11.9 Å². The minimum atomic E-state index is -1.16. The third kappa shape index (κ3) is 4.23. The maximum atomic E-state index is 12.7. The molecule has 0 bridgehead atoms. The van der Waals surface area contributed by atoms with Gasteiger partial charge in [0.2, 0.25) is 11.9 Å². The zero-order chi connectivity index (χ0) is 18.4. The van der Waals surface area contributed by atoms with Crippen molar-refractivity contribution in [1.82, 2.24) is 5.32 Å². The van der Waals surface area contributed by atoms with E-state index < -0.39 is 18.0 Å². The molecule has 0 saturated carbocycles. The van der Waals surface area contributed by atoms with Gasteiger partial charge in [-0.05, 0) is 31.0 Å². The average Bonchev–Trinajstić information content (AvgIpc) is 3.38. The molecule has 1 N–H and O–H groups in total. The lowest BCUT2D eigenvalue weighted by atomic mass is 10.1. The first-order chi connectivity index (χ1) is 12.7. The molecule has 1 aromatic carbocycles. The van der Waals surface area contributed by atoms with Gasteiger partial charge in [-0.25, -0.2) is 4.79 Å². The zero-order valence-electron chi connectivity index (χ0n) is 14.5. The van der Waals surface area contributed by atoms with Gasteiger partial charge in [0.05, 0.1) is 19.5 Å². The van der Waals surface area contributed by atoms with Crippen molar-refractivity contribution < 1.29 is 28.2 Å². The Balaban J connectivity index is 1.78. The second-order valence-electron chi connectivity index (χ2n) is 5.88. The summed E-state index contributed by atoms with van der Waals surface area (Å²) in [6.07, 6.45) is 2.06. The fourth-order valence-corrected chi connectivity index (χ4v) is 2.81. The molecule has 2 heterocycles. The number of nitrogens with one attached hydrogen (secondary N) is 1. The number of carbonyl (C=O) groups is 2. The first kappa shape index (κ1) is 18.0. The summed E-state index contributed by atoms with van der Waals surface area (Å²) in [5.41, 5.74) is 0.458. The summed E-state index contributed by atoms with van der Waals surface area (Å²) in [7, 11) is 1.49. The monoisotopic (exact) mass is 359 g/mol. The lowest BCUT2D eigenvalue weighted by molar-refractivity contribution is -0.131. The smallest absolute Gasteiger partial charge is 0.375 e. The van der Waals surface area contributed by atoms with E-state index in [1.54, 1.807) is 30.3 Å². The van der Waals surface area contributed by atoms with E-state index in [0.29, 0.717) is 24.5 Å². The minimum absolute atomic E-state index is 0.0157. The highest BCUT2D eigenvalue weighted by molar-refractivity contribution is 5.91. The second-order valence-corrected chi connectivity index (χ2v) is 5.88. The summed E-state index contributed by atoms with van der Waals surface area (Å²) < 4.78 is 21.3. The van der Waals surface area contributed by atoms with E-state index in [1.807, 2.05) is 0 Å². The van der Waals surface area contributed by atoms with Crippen LogP contribution < -0.4 is 10.1 Å². The highest BCUT2D eigenvalue weighted by atomic mass is 16.6. The van der Waals surface area contributed by atoms with Crippen molar-refractivity contribution in [3.8, 4) is 5.75 Å². The molecule has 0 radical (unpaired) electrons. The third-order valence-corrected chi connectivity index (χ3v) is 4.13. The van der Waals surface area contributed by atoms with Crippen LogP contribution in [0.4, 0.5) is 0 Å². The summed E-state index contributed by atoms with van der Waals surface area (Å²) in [6, 6.07) is 9.97. The van der Waals surface area contributed by atoms with Crippen LogP contribution in [0.25, 0.3) is 0 Å². The maximum absolute atomic E-state index is 12.7. The van der Waals surface area contributed by atoms with Crippen LogP contribution in [0.1, 0.15) is 35.1 Å². The van der Waals surface area contributed by atoms with Crippen molar-refractivity contribution >= 4 is 11.9 Å². The van der Waals surface area contributed by atoms with Crippen LogP contribution in [0.15, 0.2) is 47.1 Å². The number of rotatable bonds is 7. The molecule has 1 fully saturated rings. The van der Waals surface area contributed by atoms with E-state index >= 15 is 0 Å². The summed E-state index contributed by atoms with van der Waals surface area (Å²) >= 11 is 0. The van der Waals surface area contributed by atoms with Crippen molar-refractivity contribution in [2.75, 3.05) is 20.3 Å². The van der Waals surface area contributed by atoms with Crippen LogP contribution in [-0.2, 0) is 14.3 Å². The molecule has 3 rings (SSSR count). The molecular formula is C19H21NO6. The quantitative estimate of drug-likeness (QED) is 0.764. The van der Waals surface area contributed by atoms with Crippen LogP contribution in [0.3, 0.4) is 0 Å². The molecule has 1 saturated heterocycles. The van der Waals surface area contributed by atoms with Gasteiger partial charge in [-0.3, -0.25) is 4.79 Å². The molecule has 2 atom stereocenters. The number of methoxy groups -OCH3 is 1. The zero-order valence-corrected chi connectivity index (χ0v) is 14.5. The van der Waals surface area contributed by atoms with Crippen LogP contribution in [-0.4, -0.2) is 38.2 Å². The number of furan rings is 1. The minimum Gasteiger partial charge on any atom is -0.496 e. The number of hydrogen-bond acceptors (Lipinski definition) is 6. The molecule has 0 unspecified atom stereocenters. The summed E-state index contributed by atoms with van der Waals surface area (Å²) in [4.78, 5) is 25.0. The van der Waals surface area contributed by atoms with E-state index in [4.69, 9.17) is 18.6 Å². The van der Waals surface area contributed by atoms with Crippen LogP contribution in [0.5, 0.6) is 5.75 Å². The van der Waals surface area contributed by atoms with Crippen molar-refractivity contribution in [3.63, 3.8) is 0 Å². The number of ether oxygens (including phenoxy) is 3. The first-order valence-electron chi connectivity index (χ1n) is 8.45. The van der Waals surface area contributed by atoms with Gasteiger partial charge >= 0.3 is 5.97 Å². The molecule has 7 heteroatoms. The fourth-order valence-electron chi connectivity index (χ4n) is 2.81. The highest BCUT2D eigenvalue weighted by Gasteiger charge is 2.30.